The van der Waals surface area contributed by atoms with Gasteiger partial charge in [-0.3, -0.25) is 4.90 Å². The molecule has 0 saturated carbocycles. The van der Waals surface area contributed by atoms with Crippen molar-refractivity contribution in [1.29, 1.82) is 0 Å². The van der Waals surface area contributed by atoms with Crippen molar-refractivity contribution < 1.29 is 33.6 Å². The van der Waals surface area contributed by atoms with Gasteiger partial charge in [0.15, 0.2) is 11.5 Å². The number of nitrogens with zero attached hydrogens (tertiary/aromatic N) is 1. The number of methoxy groups -OCH3 is 1. The molecule has 0 bridgehead atoms. The number of carbonyl (C=O) groups is 2. The smallest absolute Gasteiger partial charge is 0.336 e. The lowest BCUT2D eigenvalue weighted by atomic mass is 9.80. The predicted molar refractivity (Wildman–Crippen MR) is 174 cm³/mol. The SMILES string of the molecule is CCOC(=O)C1=C(C)NC(CN(C)CC(C)(C)NCC(O)COc2ccccc2OC)=C(C(=O)OCC)C1c1ccccc1Cl. The zero-order valence-electron chi connectivity index (χ0n) is 27.2. The van der Waals surface area contributed by atoms with Crippen molar-refractivity contribution >= 4 is 23.5 Å². The molecule has 3 N–H and O–H groups in total. The average molecular weight is 644 g/mol. The third-order valence-electron chi connectivity index (χ3n) is 7.26. The number of likely N-dealkylation sites (N-methyl/N-ethyl adjacent to an activating group) is 1. The number of carbonyl (C=O) groups excluding carboxylic acids is 2. The molecular weight excluding hydrogens is 598 g/mol. The molecule has 3 rings (SSSR count). The van der Waals surface area contributed by atoms with Gasteiger partial charge in [0.05, 0.1) is 37.4 Å². The molecule has 45 heavy (non-hydrogen) atoms. The molecular formula is C34H46ClN3O7. The monoisotopic (exact) mass is 643 g/mol. The first-order valence-electron chi connectivity index (χ1n) is 15.1. The Balaban J connectivity index is 1.80. The van der Waals surface area contributed by atoms with Gasteiger partial charge in [-0.15, -0.1) is 0 Å². The van der Waals surface area contributed by atoms with Gasteiger partial charge in [-0.1, -0.05) is 41.9 Å². The van der Waals surface area contributed by atoms with E-state index >= 15 is 0 Å². The summed E-state index contributed by atoms with van der Waals surface area (Å²) in [6.07, 6.45) is -0.761. The van der Waals surface area contributed by atoms with Crippen LogP contribution in [0.25, 0.3) is 0 Å². The Kier molecular flexibility index (Phi) is 13.3. The summed E-state index contributed by atoms with van der Waals surface area (Å²) in [5.41, 5.74) is 1.98. The maximum Gasteiger partial charge on any atom is 0.336 e. The van der Waals surface area contributed by atoms with Gasteiger partial charge in [-0.05, 0) is 65.4 Å². The molecule has 11 heteroatoms. The van der Waals surface area contributed by atoms with Crippen LogP contribution in [0.4, 0.5) is 0 Å². The third-order valence-corrected chi connectivity index (χ3v) is 7.61. The molecule has 0 aliphatic carbocycles. The van der Waals surface area contributed by atoms with Crippen LogP contribution in [-0.4, -0.2) is 87.2 Å². The van der Waals surface area contributed by atoms with Crippen molar-refractivity contribution in [3.63, 3.8) is 0 Å². The number of β-amino-alcohol motifs (C(OH)–C–C–N with tert-alkyl or cyclic N) is 1. The Hall–Kier alpha value is -3.57. The Morgan fingerprint density at radius 3 is 2.24 bits per heavy atom. The molecule has 0 amide bonds. The van der Waals surface area contributed by atoms with Crippen molar-refractivity contribution in [1.82, 2.24) is 15.5 Å². The van der Waals surface area contributed by atoms with Gasteiger partial charge in [0.1, 0.15) is 12.7 Å². The van der Waals surface area contributed by atoms with E-state index in [2.05, 4.69) is 15.5 Å². The van der Waals surface area contributed by atoms with Crippen LogP contribution in [0.5, 0.6) is 11.5 Å². The van der Waals surface area contributed by atoms with Crippen molar-refractivity contribution in [2.45, 2.75) is 52.2 Å². The van der Waals surface area contributed by atoms with Crippen LogP contribution in [0.2, 0.25) is 5.02 Å². The predicted octanol–water partition coefficient (Wildman–Crippen LogP) is 4.43. The van der Waals surface area contributed by atoms with E-state index in [1.807, 2.05) is 39.1 Å². The summed E-state index contributed by atoms with van der Waals surface area (Å²) < 4.78 is 22.0. The highest BCUT2D eigenvalue weighted by Crippen LogP contribution is 2.42. The largest absolute Gasteiger partial charge is 0.493 e. The van der Waals surface area contributed by atoms with Crippen molar-refractivity contribution in [2.24, 2.45) is 0 Å². The van der Waals surface area contributed by atoms with Gasteiger partial charge in [-0.2, -0.15) is 0 Å². The van der Waals surface area contributed by atoms with Crippen LogP contribution in [0, 0.1) is 0 Å². The molecule has 2 unspecified atom stereocenters. The van der Waals surface area contributed by atoms with Crippen molar-refractivity contribution in [2.75, 3.05) is 53.6 Å². The molecule has 0 aromatic heterocycles. The van der Waals surface area contributed by atoms with Gasteiger partial charge in [0.2, 0.25) is 0 Å². The van der Waals surface area contributed by atoms with E-state index in [1.54, 1.807) is 58.2 Å². The van der Waals surface area contributed by atoms with E-state index in [4.69, 9.17) is 30.5 Å². The first-order valence-corrected chi connectivity index (χ1v) is 15.5. The fraction of sp³-hybridized carbons (Fsp3) is 0.471. The highest BCUT2D eigenvalue weighted by Gasteiger charge is 2.40. The number of dihydropyridines is 1. The number of hydrogen-bond acceptors (Lipinski definition) is 10. The molecule has 10 nitrogen and oxygen atoms in total. The fourth-order valence-corrected chi connectivity index (χ4v) is 5.65. The standard InChI is InChI=1S/C34H46ClN3O7/c1-8-43-32(40)29-22(3)37-26(31(33(41)44-9-2)30(29)24-14-10-11-15-25(24)35)19-38(6)21-34(4,5)36-18-23(39)20-45-28-17-13-12-16-27(28)42-7/h10-17,23,30,36-37,39H,8-9,18-21H2,1-7H3. The van der Waals surface area contributed by atoms with Gasteiger partial charge < -0.3 is 34.7 Å². The Bertz CT molecular complexity index is 1390. The summed E-state index contributed by atoms with van der Waals surface area (Å²) in [4.78, 5) is 28.9. The number of aliphatic hydroxyl groups excluding tert-OH is 1. The number of halogens is 1. The second kappa shape index (κ2) is 16.7. The van der Waals surface area contributed by atoms with E-state index in [0.717, 1.165) is 0 Å². The molecule has 246 valence electrons. The minimum atomic E-state index is -0.786. The molecule has 1 aliphatic rings. The number of nitrogens with one attached hydrogen (secondary N) is 2. The van der Waals surface area contributed by atoms with Gasteiger partial charge in [0, 0.05) is 41.6 Å². The first kappa shape index (κ1) is 35.9. The molecule has 2 aromatic carbocycles. The lowest BCUT2D eigenvalue weighted by Gasteiger charge is -2.36. The Morgan fingerprint density at radius 1 is 1.02 bits per heavy atom. The number of hydrogen-bond donors (Lipinski definition) is 3. The molecule has 2 aromatic rings. The number of esters is 2. The molecule has 2 atom stereocenters. The molecule has 1 aliphatic heterocycles. The molecule has 0 saturated heterocycles. The van der Waals surface area contributed by atoms with Crippen LogP contribution < -0.4 is 20.1 Å². The van der Waals surface area contributed by atoms with Gasteiger partial charge >= 0.3 is 11.9 Å². The summed E-state index contributed by atoms with van der Waals surface area (Å²) >= 11 is 6.65. The summed E-state index contributed by atoms with van der Waals surface area (Å²) in [5.74, 6) is -0.688. The zero-order valence-corrected chi connectivity index (χ0v) is 28.0. The summed E-state index contributed by atoms with van der Waals surface area (Å²) in [7, 11) is 3.51. The fourth-order valence-electron chi connectivity index (χ4n) is 5.40. The van der Waals surface area contributed by atoms with Crippen LogP contribution in [0.15, 0.2) is 71.1 Å². The molecule has 0 fully saturated rings. The number of para-hydroxylation sites is 2. The lowest BCUT2D eigenvalue weighted by Crippen LogP contribution is -2.51. The number of aliphatic hydroxyl groups is 1. The van der Waals surface area contributed by atoms with E-state index in [1.165, 1.54) is 0 Å². The van der Waals surface area contributed by atoms with E-state index in [0.29, 0.717) is 64.3 Å². The minimum Gasteiger partial charge on any atom is -0.493 e. The second-order valence-corrected chi connectivity index (χ2v) is 11.9. The molecule has 1 heterocycles. The first-order chi connectivity index (χ1) is 21.4. The van der Waals surface area contributed by atoms with Gasteiger partial charge in [-0.25, -0.2) is 9.59 Å². The quantitative estimate of drug-likeness (QED) is 0.227. The maximum absolute atomic E-state index is 13.6. The normalized spacial score (nSPS) is 15.9. The van der Waals surface area contributed by atoms with Crippen LogP contribution in [-0.2, 0) is 19.1 Å². The minimum absolute atomic E-state index is 0.0941. The van der Waals surface area contributed by atoms with Crippen molar-refractivity contribution in [3.8, 4) is 11.5 Å². The van der Waals surface area contributed by atoms with Crippen LogP contribution in [0.1, 0.15) is 46.1 Å². The van der Waals surface area contributed by atoms with E-state index < -0.39 is 29.5 Å². The molecule has 0 radical (unpaired) electrons. The van der Waals surface area contributed by atoms with Gasteiger partial charge in [0.25, 0.3) is 0 Å². The van der Waals surface area contributed by atoms with E-state index in [-0.39, 0.29) is 19.8 Å². The number of allylic oxidation sites excluding steroid dienone is 1. The highest BCUT2D eigenvalue weighted by molar-refractivity contribution is 6.31. The second-order valence-electron chi connectivity index (χ2n) is 11.5. The molecule has 0 spiro atoms. The Labute approximate surface area is 271 Å². The third kappa shape index (κ3) is 9.71. The van der Waals surface area contributed by atoms with Crippen molar-refractivity contribution in [3.05, 3.63) is 81.7 Å². The van der Waals surface area contributed by atoms with Crippen LogP contribution in [0.3, 0.4) is 0 Å². The average Bonchev–Trinajstić information content (AvgIpc) is 2.99. The number of ether oxygens (including phenoxy) is 4. The summed E-state index contributed by atoms with van der Waals surface area (Å²) in [5, 5.41) is 17.8. The zero-order chi connectivity index (χ0) is 33.1. The van der Waals surface area contributed by atoms with E-state index in [9.17, 15) is 14.7 Å². The van der Waals surface area contributed by atoms with Crippen LogP contribution >= 0.6 is 11.6 Å². The Morgan fingerprint density at radius 2 is 1.62 bits per heavy atom. The number of benzene rings is 2. The number of rotatable bonds is 16. The lowest BCUT2D eigenvalue weighted by molar-refractivity contribution is -0.139. The summed E-state index contributed by atoms with van der Waals surface area (Å²) in [6.45, 7) is 11.0. The summed E-state index contributed by atoms with van der Waals surface area (Å²) in [6, 6.07) is 14.4. The topological polar surface area (TPSA) is 119 Å². The highest BCUT2D eigenvalue weighted by atomic mass is 35.5. The maximum atomic E-state index is 13.6.